The van der Waals surface area contributed by atoms with Crippen molar-refractivity contribution in [1.29, 1.82) is 0 Å². The molecule has 3 aromatic rings. The van der Waals surface area contributed by atoms with Crippen LogP contribution in [0.25, 0.3) is 11.4 Å². The SMILES string of the molecule is Cc1cc(N2CCCN(Cc3csc(C)n3)CC2)nc(-c2cccc([N+](=O)[O-])c2)n1. The monoisotopic (exact) mass is 424 g/mol. The zero-order valence-electron chi connectivity index (χ0n) is 17.1. The molecule has 0 unspecified atom stereocenters. The normalized spacial score (nSPS) is 15.2. The first-order valence-electron chi connectivity index (χ1n) is 9.97. The molecular weight excluding hydrogens is 400 g/mol. The van der Waals surface area contributed by atoms with E-state index in [4.69, 9.17) is 4.98 Å². The number of nitrogens with zero attached hydrogens (tertiary/aromatic N) is 6. The highest BCUT2D eigenvalue weighted by molar-refractivity contribution is 7.09. The Hall–Kier alpha value is -2.91. The number of nitro benzene ring substituents is 1. The fourth-order valence-corrected chi connectivity index (χ4v) is 4.27. The largest absolute Gasteiger partial charge is 0.355 e. The van der Waals surface area contributed by atoms with Gasteiger partial charge in [-0.25, -0.2) is 15.0 Å². The molecule has 9 heteroatoms. The molecule has 1 saturated heterocycles. The van der Waals surface area contributed by atoms with Gasteiger partial charge in [0.15, 0.2) is 5.82 Å². The molecule has 156 valence electrons. The van der Waals surface area contributed by atoms with Gasteiger partial charge in [-0.1, -0.05) is 12.1 Å². The molecule has 2 aromatic heterocycles. The third-order valence-corrected chi connectivity index (χ3v) is 5.94. The lowest BCUT2D eigenvalue weighted by Gasteiger charge is -2.23. The second-order valence-electron chi connectivity index (χ2n) is 7.47. The van der Waals surface area contributed by atoms with Crippen molar-refractivity contribution in [3.05, 3.63) is 62.2 Å². The first-order chi connectivity index (χ1) is 14.5. The Bertz CT molecular complexity index is 1050. The first-order valence-corrected chi connectivity index (χ1v) is 10.8. The topological polar surface area (TPSA) is 88.3 Å². The van der Waals surface area contributed by atoms with Gasteiger partial charge in [0, 0.05) is 67.6 Å². The third-order valence-electron chi connectivity index (χ3n) is 5.12. The number of hydrogen-bond acceptors (Lipinski definition) is 8. The van der Waals surface area contributed by atoms with Crippen LogP contribution in [0.1, 0.15) is 22.8 Å². The highest BCUT2D eigenvalue weighted by Gasteiger charge is 2.19. The molecule has 30 heavy (non-hydrogen) atoms. The first kappa shape index (κ1) is 20.4. The number of nitro groups is 1. The van der Waals surface area contributed by atoms with Gasteiger partial charge in [0.05, 0.1) is 15.6 Å². The third kappa shape index (κ3) is 4.80. The van der Waals surface area contributed by atoms with Crippen molar-refractivity contribution in [2.24, 2.45) is 0 Å². The van der Waals surface area contributed by atoms with Crippen molar-refractivity contribution in [3.8, 4) is 11.4 Å². The number of hydrogen-bond donors (Lipinski definition) is 0. The van der Waals surface area contributed by atoms with E-state index in [1.165, 1.54) is 12.1 Å². The predicted octanol–water partition coefficient (Wildman–Crippen LogP) is 3.84. The maximum atomic E-state index is 11.1. The molecule has 1 aliphatic heterocycles. The van der Waals surface area contributed by atoms with E-state index >= 15 is 0 Å². The number of aromatic nitrogens is 3. The van der Waals surface area contributed by atoms with Crippen LogP contribution in [0.3, 0.4) is 0 Å². The van der Waals surface area contributed by atoms with E-state index < -0.39 is 4.92 Å². The van der Waals surface area contributed by atoms with Gasteiger partial charge in [-0.3, -0.25) is 15.0 Å². The Balaban J connectivity index is 1.51. The zero-order valence-corrected chi connectivity index (χ0v) is 17.9. The Kier molecular flexibility index (Phi) is 6.01. The summed E-state index contributed by atoms with van der Waals surface area (Å²) >= 11 is 1.69. The van der Waals surface area contributed by atoms with Gasteiger partial charge >= 0.3 is 0 Å². The van der Waals surface area contributed by atoms with Crippen molar-refractivity contribution < 1.29 is 4.92 Å². The van der Waals surface area contributed by atoms with Crippen LogP contribution in [0, 0.1) is 24.0 Å². The minimum absolute atomic E-state index is 0.0434. The summed E-state index contributed by atoms with van der Waals surface area (Å²) in [6, 6.07) is 8.47. The van der Waals surface area contributed by atoms with Gasteiger partial charge in [0.1, 0.15) is 5.82 Å². The standard InChI is InChI=1S/C21H24N6O2S/c1-15-11-20(24-21(22-15)17-5-3-6-19(12-17)27(28)29)26-8-4-7-25(9-10-26)13-18-14-30-16(2)23-18/h3,5-6,11-12,14H,4,7-10,13H2,1-2H3. The summed E-state index contributed by atoms with van der Waals surface area (Å²) in [4.78, 5) is 29.3. The number of thiazole rings is 1. The van der Waals surface area contributed by atoms with Gasteiger partial charge < -0.3 is 4.90 Å². The second kappa shape index (κ2) is 8.85. The molecule has 4 rings (SSSR count). The summed E-state index contributed by atoms with van der Waals surface area (Å²) < 4.78 is 0. The fourth-order valence-electron chi connectivity index (χ4n) is 3.67. The molecule has 1 aliphatic rings. The lowest BCUT2D eigenvalue weighted by Crippen LogP contribution is -2.31. The average molecular weight is 425 g/mol. The Morgan fingerprint density at radius 3 is 2.73 bits per heavy atom. The molecule has 0 saturated carbocycles. The lowest BCUT2D eigenvalue weighted by molar-refractivity contribution is -0.384. The minimum atomic E-state index is -0.395. The fraction of sp³-hybridized carbons (Fsp3) is 0.381. The highest BCUT2D eigenvalue weighted by Crippen LogP contribution is 2.24. The van der Waals surface area contributed by atoms with Crippen LogP contribution in [0.5, 0.6) is 0 Å². The molecule has 1 aromatic carbocycles. The number of rotatable bonds is 5. The molecule has 0 spiro atoms. The minimum Gasteiger partial charge on any atom is -0.355 e. The number of aryl methyl sites for hydroxylation is 2. The number of anilines is 1. The number of benzene rings is 1. The Morgan fingerprint density at radius 2 is 1.97 bits per heavy atom. The van der Waals surface area contributed by atoms with Gasteiger partial charge in [-0.15, -0.1) is 11.3 Å². The van der Waals surface area contributed by atoms with Gasteiger partial charge in [-0.2, -0.15) is 0 Å². The summed E-state index contributed by atoms with van der Waals surface area (Å²) in [6.45, 7) is 8.58. The van der Waals surface area contributed by atoms with Crippen LogP contribution in [0.4, 0.5) is 11.5 Å². The molecular formula is C21H24N6O2S. The molecule has 1 fully saturated rings. The maximum Gasteiger partial charge on any atom is 0.270 e. The average Bonchev–Trinajstić information content (AvgIpc) is 2.99. The van der Waals surface area contributed by atoms with Crippen LogP contribution in [0.2, 0.25) is 0 Å². The van der Waals surface area contributed by atoms with E-state index in [0.717, 1.165) is 61.4 Å². The van der Waals surface area contributed by atoms with E-state index in [1.807, 2.05) is 26.0 Å². The van der Waals surface area contributed by atoms with E-state index in [-0.39, 0.29) is 5.69 Å². The maximum absolute atomic E-state index is 11.1. The zero-order chi connectivity index (χ0) is 21.1. The van der Waals surface area contributed by atoms with Crippen LogP contribution >= 0.6 is 11.3 Å². The van der Waals surface area contributed by atoms with Crippen LogP contribution in [0.15, 0.2) is 35.7 Å². The van der Waals surface area contributed by atoms with Crippen LogP contribution < -0.4 is 4.90 Å². The number of non-ortho nitro benzene ring substituents is 1. The van der Waals surface area contributed by atoms with Crippen LogP contribution in [-0.4, -0.2) is 51.0 Å². The van der Waals surface area contributed by atoms with Gasteiger partial charge in [0.25, 0.3) is 5.69 Å². The van der Waals surface area contributed by atoms with Crippen molar-refractivity contribution >= 4 is 22.8 Å². The summed E-state index contributed by atoms with van der Waals surface area (Å²) in [7, 11) is 0. The Labute approximate surface area is 179 Å². The van der Waals surface area contributed by atoms with Crippen molar-refractivity contribution in [3.63, 3.8) is 0 Å². The lowest BCUT2D eigenvalue weighted by atomic mass is 10.2. The highest BCUT2D eigenvalue weighted by atomic mass is 32.1. The summed E-state index contributed by atoms with van der Waals surface area (Å²) in [5.74, 6) is 1.39. The van der Waals surface area contributed by atoms with E-state index in [0.29, 0.717) is 11.4 Å². The van der Waals surface area contributed by atoms with E-state index in [2.05, 4.69) is 25.1 Å². The van der Waals surface area contributed by atoms with Crippen molar-refractivity contribution in [1.82, 2.24) is 19.9 Å². The molecule has 0 N–H and O–H groups in total. The molecule has 0 radical (unpaired) electrons. The van der Waals surface area contributed by atoms with E-state index in [1.54, 1.807) is 17.4 Å². The quantitative estimate of drug-likeness (QED) is 0.454. The van der Waals surface area contributed by atoms with Crippen molar-refractivity contribution in [2.75, 3.05) is 31.1 Å². The molecule has 0 aliphatic carbocycles. The second-order valence-corrected chi connectivity index (χ2v) is 8.54. The summed E-state index contributed by atoms with van der Waals surface area (Å²) in [5.41, 5.74) is 2.68. The smallest absolute Gasteiger partial charge is 0.270 e. The molecule has 8 nitrogen and oxygen atoms in total. The van der Waals surface area contributed by atoms with Gasteiger partial charge in [0.2, 0.25) is 0 Å². The van der Waals surface area contributed by atoms with Gasteiger partial charge in [-0.05, 0) is 20.3 Å². The predicted molar refractivity (Wildman–Crippen MR) is 118 cm³/mol. The van der Waals surface area contributed by atoms with Crippen LogP contribution in [-0.2, 0) is 6.54 Å². The molecule has 0 atom stereocenters. The summed E-state index contributed by atoms with van der Waals surface area (Å²) in [6.07, 6.45) is 1.04. The molecule has 0 bridgehead atoms. The summed E-state index contributed by atoms with van der Waals surface area (Å²) in [5, 5.41) is 14.4. The Morgan fingerprint density at radius 1 is 1.10 bits per heavy atom. The van der Waals surface area contributed by atoms with Crippen molar-refractivity contribution in [2.45, 2.75) is 26.8 Å². The molecule has 3 heterocycles. The van der Waals surface area contributed by atoms with E-state index in [9.17, 15) is 10.1 Å². The molecule has 0 amide bonds.